The van der Waals surface area contributed by atoms with Crippen molar-refractivity contribution in [3.63, 3.8) is 0 Å². The Morgan fingerprint density at radius 3 is 2.64 bits per heavy atom. The summed E-state index contributed by atoms with van der Waals surface area (Å²) < 4.78 is 5.15. The zero-order chi connectivity index (χ0) is 8.10. The van der Waals surface area contributed by atoms with E-state index in [-0.39, 0.29) is 0 Å². The van der Waals surface area contributed by atoms with Gasteiger partial charge in [0.1, 0.15) is 6.23 Å². The third-order valence-electron chi connectivity index (χ3n) is 1.78. The Hall–Kier alpha value is -0.380. The Labute approximate surface area is 67.3 Å². The highest BCUT2D eigenvalue weighted by Crippen LogP contribution is 2.01. The number of aliphatic hydroxyl groups excluding tert-OH is 1. The van der Waals surface area contributed by atoms with Crippen molar-refractivity contribution in [1.29, 1.82) is 0 Å². The van der Waals surface area contributed by atoms with Crippen LogP contribution in [0.5, 0.6) is 0 Å². The number of allylic oxidation sites excluding steroid dienone is 1. The summed E-state index contributed by atoms with van der Waals surface area (Å²) in [4.78, 5) is 1.99. The van der Waals surface area contributed by atoms with Crippen molar-refractivity contribution in [3.8, 4) is 0 Å². The van der Waals surface area contributed by atoms with Crippen LogP contribution >= 0.6 is 0 Å². The Kier molecular flexibility index (Phi) is 3.56. The molecule has 1 aliphatic rings. The van der Waals surface area contributed by atoms with Gasteiger partial charge in [0.15, 0.2) is 0 Å². The van der Waals surface area contributed by atoms with Crippen LogP contribution in [0.3, 0.4) is 0 Å². The van der Waals surface area contributed by atoms with E-state index in [4.69, 9.17) is 4.74 Å². The van der Waals surface area contributed by atoms with Crippen LogP contribution in [-0.2, 0) is 4.74 Å². The summed E-state index contributed by atoms with van der Waals surface area (Å²) in [7, 11) is 0. The molecule has 0 saturated carbocycles. The van der Waals surface area contributed by atoms with Gasteiger partial charge in [0, 0.05) is 13.1 Å². The van der Waals surface area contributed by atoms with Crippen LogP contribution in [0.4, 0.5) is 0 Å². The summed E-state index contributed by atoms with van der Waals surface area (Å²) >= 11 is 0. The molecular formula is C8H15NO2. The topological polar surface area (TPSA) is 32.7 Å². The maximum absolute atomic E-state index is 9.46. The molecule has 1 fully saturated rings. The molecule has 0 aliphatic carbocycles. The van der Waals surface area contributed by atoms with E-state index in [0.717, 1.165) is 26.3 Å². The molecule has 64 valence electrons. The van der Waals surface area contributed by atoms with E-state index in [2.05, 4.69) is 0 Å². The van der Waals surface area contributed by atoms with Gasteiger partial charge in [0.2, 0.25) is 0 Å². The molecule has 0 aromatic carbocycles. The second-order valence-corrected chi connectivity index (χ2v) is 2.59. The SMILES string of the molecule is CC=CC(O)N1CCOCC1. The lowest BCUT2D eigenvalue weighted by Crippen LogP contribution is -2.42. The van der Waals surface area contributed by atoms with Crippen LogP contribution in [0.1, 0.15) is 6.92 Å². The van der Waals surface area contributed by atoms with Crippen LogP contribution in [0, 0.1) is 0 Å². The smallest absolute Gasteiger partial charge is 0.126 e. The molecule has 0 radical (unpaired) electrons. The molecule has 0 amide bonds. The number of hydrogen-bond donors (Lipinski definition) is 1. The van der Waals surface area contributed by atoms with Gasteiger partial charge in [-0.05, 0) is 13.0 Å². The number of nitrogens with zero attached hydrogens (tertiary/aromatic N) is 1. The van der Waals surface area contributed by atoms with E-state index in [9.17, 15) is 5.11 Å². The summed E-state index contributed by atoms with van der Waals surface area (Å²) in [6.45, 7) is 5.02. The lowest BCUT2D eigenvalue weighted by Gasteiger charge is -2.29. The molecule has 1 atom stereocenters. The second kappa shape index (κ2) is 4.49. The molecule has 1 unspecified atom stereocenters. The average molecular weight is 157 g/mol. The van der Waals surface area contributed by atoms with Crippen LogP contribution in [-0.4, -0.2) is 42.5 Å². The first-order valence-corrected chi connectivity index (χ1v) is 3.97. The van der Waals surface area contributed by atoms with Gasteiger partial charge in [-0.15, -0.1) is 0 Å². The first-order chi connectivity index (χ1) is 5.34. The number of aliphatic hydroxyl groups is 1. The molecule has 3 nitrogen and oxygen atoms in total. The summed E-state index contributed by atoms with van der Waals surface area (Å²) in [5.41, 5.74) is 0. The molecule has 1 saturated heterocycles. The largest absolute Gasteiger partial charge is 0.379 e. The number of ether oxygens (including phenoxy) is 1. The van der Waals surface area contributed by atoms with Crippen LogP contribution < -0.4 is 0 Å². The highest BCUT2D eigenvalue weighted by Gasteiger charge is 2.15. The van der Waals surface area contributed by atoms with Gasteiger partial charge >= 0.3 is 0 Å². The molecule has 11 heavy (non-hydrogen) atoms. The number of rotatable bonds is 2. The minimum absolute atomic E-state index is 0.427. The van der Waals surface area contributed by atoms with E-state index in [0.29, 0.717) is 0 Å². The van der Waals surface area contributed by atoms with E-state index in [1.165, 1.54) is 0 Å². The fraction of sp³-hybridized carbons (Fsp3) is 0.750. The third-order valence-corrected chi connectivity index (χ3v) is 1.78. The van der Waals surface area contributed by atoms with Crippen LogP contribution in [0.2, 0.25) is 0 Å². The zero-order valence-corrected chi connectivity index (χ0v) is 6.86. The maximum Gasteiger partial charge on any atom is 0.126 e. The molecular weight excluding hydrogens is 142 g/mol. The zero-order valence-electron chi connectivity index (χ0n) is 6.86. The quantitative estimate of drug-likeness (QED) is 0.582. The summed E-state index contributed by atoms with van der Waals surface area (Å²) in [6.07, 6.45) is 3.22. The van der Waals surface area contributed by atoms with E-state index in [1.807, 2.05) is 17.9 Å². The Bertz CT molecular complexity index is 130. The summed E-state index contributed by atoms with van der Waals surface area (Å²) in [5.74, 6) is 0. The van der Waals surface area contributed by atoms with Crippen LogP contribution in [0.15, 0.2) is 12.2 Å². The van der Waals surface area contributed by atoms with Gasteiger partial charge in [0.25, 0.3) is 0 Å². The first-order valence-electron chi connectivity index (χ1n) is 3.97. The van der Waals surface area contributed by atoms with Crippen molar-refractivity contribution in [2.24, 2.45) is 0 Å². The Balaban J connectivity index is 2.32. The van der Waals surface area contributed by atoms with Crippen molar-refractivity contribution < 1.29 is 9.84 Å². The molecule has 0 aromatic rings. The molecule has 1 rings (SSSR count). The van der Waals surface area contributed by atoms with Gasteiger partial charge < -0.3 is 9.84 Å². The number of hydrogen-bond acceptors (Lipinski definition) is 3. The fourth-order valence-electron chi connectivity index (χ4n) is 1.14. The lowest BCUT2D eigenvalue weighted by atomic mass is 10.3. The minimum Gasteiger partial charge on any atom is -0.379 e. The summed E-state index contributed by atoms with van der Waals surface area (Å²) in [6, 6.07) is 0. The molecule has 1 aliphatic heterocycles. The first kappa shape index (κ1) is 8.71. The molecule has 0 spiro atoms. The van der Waals surface area contributed by atoms with Gasteiger partial charge in [0.05, 0.1) is 13.2 Å². The Morgan fingerprint density at radius 1 is 1.45 bits per heavy atom. The van der Waals surface area contributed by atoms with Crippen molar-refractivity contribution >= 4 is 0 Å². The highest BCUT2D eigenvalue weighted by molar-refractivity contribution is 4.86. The minimum atomic E-state index is -0.427. The molecule has 3 heteroatoms. The van der Waals surface area contributed by atoms with Gasteiger partial charge in [-0.2, -0.15) is 0 Å². The fourth-order valence-corrected chi connectivity index (χ4v) is 1.14. The van der Waals surface area contributed by atoms with Crippen molar-refractivity contribution in [2.45, 2.75) is 13.2 Å². The van der Waals surface area contributed by atoms with E-state index >= 15 is 0 Å². The third kappa shape index (κ3) is 2.61. The normalized spacial score (nSPS) is 24.2. The van der Waals surface area contributed by atoms with Gasteiger partial charge in [-0.25, -0.2) is 0 Å². The number of morpholine rings is 1. The van der Waals surface area contributed by atoms with Crippen molar-refractivity contribution in [1.82, 2.24) is 4.90 Å². The Morgan fingerprint density at radius 2 is 2.09 bits per heavy atom. The maximum atomic E-state index is 9.46. The van der Waals surface area contributed by atoms with Crippen molar-refractivity contribution in [2.75, 3.05) is 26.3 Å². The van der Waals surface area contributed by atoms with E-state index < -0.39 is 6.23 Å². The second-order valence-electron chi connectivity index (χ2n) is 2.59. The predicted molar refractivity (Wildman–Crippen MR) is 43.2 cm³/mol. The molecule has 1 heterocycles. The molecule has 0 aromatic heterocycles. The lowest BCUT2D eigenvalue weighted by molar-refractivity contribution is -0.0359. The highest BCUT2D eigenvalue weighted by atomic mass is 16.5. The van der Waals surface area contributed by atoms with E-state index in [1.54, 1.807) is 6.08 Å². The van der Waals surface area contributed by atoms with Crippen LogP contribution in [0.25, 0.3) is 0 Å². The summed E-state index contributed by atoms with van der Waals surface area (Å²) in [5, 5.41) is 9.46. The molecule has 1 N–H and O–H groups in total. The predicted octanol–water partition coefficient (Wildman–Crippen LogP) is 0.213. The monoisotopic (exact) mass is 157 g/mol. The molecule has 0 bridgehead atoms. The van der Waals surface area contributed by atoms with Crippen molar-refractivity contribution in [3.05, 3.63) is 12.2 Å². The van der Waals surface area contributed by atoms with Gasteiger partial charge in [-0.3, -0.25) is 4.90 Å². The standard InChI is InChI=1S/C8H15NO2/c1-2-3-8(10)9-4-6-11-7-5-9/h2-3,8,10H,4-7H2,1H3. The van der Waals surface area contributed by atoms with Gasteiger partial charge in [-0.1, -0.05) is 6.08 Å². The average Bonchev–Trinajstić information content (AvgIpc) is 2.07.